The Morgan fingerprint density at radius 2 is 1.56 bits per heavy atom. The van der Waals surface area contributed by atoms with Gasteiger partial charge in [0.05, 0.1) is 22.8 Å². The third kappa shape index (κ3) is 5.43. The van der Waals surface area contributed by atoms with E-state index in [1.165, 1.54) is 34.0 Å². The van der Waals surface area contributed by atoms with Crippen LogP contribution in [-0.4, -0.2) is 36.5 Å². The Hall–Kier alpha value is -1.71. The zero-order chi connectivity index (χ0) is 21.7. The molecule has 1 aliphatic heterocycles. The number of nitrogens with one attached hydrogen (secondary N) is 1. The molecule has 5 nitrogen and oxygen atoms in total. The monoisotopic (exact) mass is 537 g/mol. The van der Waals surface area contributed by atoms with Gasteiger partial charge in [0.1, 0.15) is 5.75 Å². The number of thiophene rings is 2. The summed E-state index contributed by atoms with van der Waals surface area (Å²) < 4.78 is 12.1. The fraction of sp³-hybridized carbons (Fsp3) is 0.375. The molecule has 1 aliphatic rings. The molecule has 1 fully saturated rings. The Kier molecular flexibility index (Phi) is 8.90. The molecule has 3 heterocycles. The summed E-state index contributed by atoms with van der Waals surface area (Å²) in [5.41, 5.74) is -1.85. The van der Waals surface area contributed by atoms with Crippen LogP contribution in [-0.2, 0) is 15.1 Å². The Morgan fingerprint density at radius 1 is 0.969 bits per heavy atom. The van der Waals surface area contributed by atoms with E-state index < -0.39 is 17.9 Å². The molecule has 2 atom stereocenters. The van der Waals surface area contributed by atoms with Gasteiger partial charge in [0.15, 0.2) is 6.04 Å². The summed E-state index contributed by atoms with van der Waals surface area (Å²) >= 11 is 2.67. The van der Waals surface area contributed by atoms with E-state index in [1.807, 2.05) is 53.2 Å². The molecule has 1 saturated heterocycles. The van der Waals surface area contributed by atoms with Crippen LogP contribution in [0.1, 0.15) is 35.9 Å². The van der Waals surface area contributed by atoms with Crippen molar-refractivity contribution in [2.75, 3.05) is 13.1 Å². The number of quaternary nitrogens is 1. The number of rotatable bonds is 8. The van der Waals surface area contributed by atoms with Gasteiger partial charge in [0, 0.05) is 0 Å². The topological polar surface area (TPSA) is 60.2 Å². The smallest absolute Gasteiger partial charge is 0.352 e. The highest BCUT2D eigenvalue weighted by Crippen LogP contribution is 2.37. The average Bonchev–Trinajstić information content (AvgIpc) is 3.54. The quantitative estimate of drug-likeness (QED) is 0.323. The van der Waals surface area contributed by atoms with Gasteiger partial charge >= 0.3 is 5.97 Å². The maximum Gasteiger partial charge on any atom is 0.352 e. The summed E-state index contributed by atoms with van der Waals surface area (Å²) in [6.45, 7) is 4.10. The first kappa shape index (κ1) is 24.9. The summed E-state index contributed by atoms with van der Waals surface area (Å²) in [5.74, 6) is -0.0686. The minimum atomic E-state index is -1.85. The van der Waals surface area contributed by atoms with Gasteiger partial charge in [-0.05, 0) is 61.2 Å². The van der Waals surface area contributed by atoms with E-state index in [2.05, 4.69) is 6.92 Å². The van der Waals surface area contributed by atoms with Crippen LogP contribution < -0.4 is 26.6 Å². The lowest BCUT2D eigenvalue weighted by Crippen LogP contribution is -3.17. The van der Waals surface area contributed by atoms with Crippen molar-refractivity contribution in [3.63, 3.8) is 0 Å². The molecule has 0 radical (unpaired) electrons. The number of hydrogen-bond donors (Lipinski definition) is 2. The van der Waals surface area contributed by atoms with Crippen LogP contribution in [0.5, 0.6) is 5.75 Å². The Balaban J connectivity index is 0.00000289. The van der Waals surface area contributed by atoms with Crippen LogP contribution in [0.4, 0.5) is 0 Å². The van der Waals surface area contributed by atoms with Gasteiger partial charge in [0.25, 0.3) is 6.29 Å². The highest BCUT2D eigenvalue weighted by Gasteiger charge is 2.46. The van der Waals surface area contributed by atoms with Crippen LogP contribution in [0.15, 0.2) is 65.4 Å². The first-order valence-corrected chi connectivity index (χ1v) is 12.4. The second-order valence-electron chi connectivity index (χ2n) is 7.88. The summed E-state index contributed by atoms with van der Waals surface area (Å²) in [7, 11) is 0. The number of carbonyl (C=O) groups excluding carboxylic acids is 1. The predicted molar refractivity (Wildman–Crippen MR) is 123 cm³/mol. The van der Waals surface area contributed by atoms with E-state index in [-0.39, 0.29) is 23.0 Å². The fourth-order valence-electron chi connectivity index (χ4n) is 4.00. The number of hydrogen-bond acceptors (Lipinski definition) is 6. The lowest BCUT2D eigenvalue weighted by molar-refractivity contribution is -0.933. The molecule has 1 aromatic carbocycles. The van der Waals surface area contributed by atoms with Gasteiger partial charge in [0.2, 0.25) is 5.60 Å². The molecule has 2 unspecified atom stereocenters. The standard InChI is InChI=1S/C24H27NO4S2.BrH/c1-18(25-14-6-3-7-15-25)22(28-19-10-4-2-5-11-19)29-23(26)24(27,20-12-8-16-30-20)21-13-9-17-31-21;/h2,4-5,8-13,16-18,22,27H,3,6-7,14-15H2,1H3;1H. The van der Waals surface area contributed by atoms with E-state index in [4.69, 9.17) is 9.47 Å². The molecule has 0 amide bonds. The van der Waals surface area contributed by atoms with Gasteiger partial charge in [-0.15, -0.1) is 22.7 Å². The minimum Gasteiger partial charge on any atom is -1.00 e. The van der Waals surface area contributed by atoms with Crippen molar-refractivity contribution in [1.82, 2.24) is 0 Å². The molecular weight excluding hydrogens is 510 g/mol. The molecule has 4 rings (SSSR count). The number of esters is 1. The van der Waals surface area contributed by atoms with E-state index in [0.717, 1.165) is 25.9 Å². The maximum atomic E-state index is 13.5. The van der Waals surface area contributed by atoms with Crippen LogP contribution >= 0.6 is 22.7 Å². The number of likely N-dealkylation sites (tertiary alicyclic amines) is 1. The molecule has 0 saturated carbocycles. The molecule has 0 spiro atoms. The molecule has 172 valence electrons. The summed E-state index contributed by atoms with van der Waals surface area (Å²) in [6.07, 6.45) is 2.73. The normalized spacial score (nSPS) is 16.6. The van der Waals surface area contributed by atoms with Gasteiger partial charge < -0.3 is 36.5 Å². The predicted octanol–water partition coefficient (Wildman–Crippen LogP) is 0.455. The lowest BCUT2D eigenvalue weighted by atomic mass is 10.00. The second kappa shape index (κ2) is 11.4. The number of halogens is 1. The number of aliphatic hydroxyl groups is 1. The van der Waals surface area contributed by atoms with Crippen LogP contribution in [0, 0.1) is 0 Å². The van der Waals surface area contributed by atoms with E-state index in [0.29, 0.717) is 15.5 Å². The number of piperidine rings is 1. The third-order valence-electron chi connectivity index (χ3n) is 5.82. The molecule has 2 N–H and O–H groups in total. The zero-order valence-electron chi connectivity index (χ0n) is 17.9. The average molecular weight is 539 g/mol. The minimum absolute atomic E-state index is 0. The number of ether oxygens (including phenoxy) is 2. The molecular formula is C24H28BrNO4S2. The van der Waals surface area contributed by atoms with Gasteiger partial charge in [-0.3, -0.25) is 0 Å². The molecule has 0 bridgehead atoms. The van der Waals surface area contributed by atoms with Crippen LogP contribution in [0.2, 0.25) is 0 Å². The molecule has 32 heavy (non-hydrogen) atoms. The van der Waals surface area contributed by atoms with Crippen molar-refractivity contribution in [3.05, 3.63) is 75.1 Å². The van der Waals surface area contributed by atoms with Gasteiger partial charge in [-0.25, -0.2) is 4.79 Å². The van der Waals surface area contributed by atoms with E-state index >= 15 is 0 Å². The van der Waals surface area contributed by atoms with Crippen LogP contribution in [0.25, 0.3) is 0 Å². The summed E-state index contributed by atoms with van der Waals surface area (Å²) in [4.78, 5) is 15.9. The van der Waals surface area contributed by atoms with E-state index in [1.54, 1.807) is 12.1 Å². The molecule has 2 aromatic heterocycles. The van der Waals surface area contributed by atoms with Crippen molar-refractivity contribution in [2.24, 2.45) is 0 Å². The highest BCUT2D eigenvalue weighted by atomic mass is 79.9. The maximum absolute atomic E-state index is 13.5. The second-order valence-corrected chi connectivity index (χ2v) is 9.77. The SMILES string of the molecule is CC(C(OC(=O)C(O)(c1cccs1)c1cccs1)Oc1ccccc1)[NH+]1CCCCC1.[Br-]. The zero-order valence-corrected chi connectivity index (χ0v) is 21.1. The highest BCUT2D eigenvalue weighted by molar-refractivity contribution is 7.12. The van der Waals surface area contributed by atoms with Crippen molar-refractivity contribution < 1.29 is 41.3 Å². The van der Waals surface area contributed by atoms with Gasteiger partial charge in [-0.1, -0.05) is 30.3 Å². The Morgan fingerprint density at radius 3 is 2.09 bits per heavy atom. The Labute approximate surface area is 207 Å². The third-order valence-corrected chi connectivity index (χ3v) is 7.77. The first-order chi connectivity index (χ1) is 15.1. The van der Waals surface area contributed by atoms with Crippen molar-refractivity contribution >= 4 is 28.6 Å². The fourth-order valence-corrected chi connectivity index (χ4v) is 5.71. The Bertz CT molecular complexity index is 910. The largest absolute Gasteiger partial charge is 1.00 e. The van der Waals surface area contributed by atoms with Crippen molar-refractivity contribution in [1.29, 1.82) is 0 Å². The molecule has 3 aromatic rings. The lowest BCUT2D eigenvalue weighted by Gasteiger charge is -2.35. The van der Waals surface area contributed by atoms with Crippen LogP contribution in [0.3, 0.4) is 0 Å². The summed E-state index contributed by atoms with van der Waals surface area (Å²) in [6, 6.07) is 16.5. The van der Waals surface area contributed by atoms with Crippen molar-refractivity contribution in [3.8, 4) is 5.75 Å². The molecule has 0 aliphatic carbocycles. The first-order valence-electron chi connectivity index (χ1n) is 10.7. The number of carbonyl (C=O) groups is 1. The number of benzene rings is 1. The van der Waals surface area contributed by atoms with E-state index in [9.17, 15) is 9.90 Å². The van der Waals surface area contributed by atoms with Gasteiger partial charge in [-0.2, -0.15) is 0 Å². The summed E-state index contributed by atoms with van der Waals surface area (Å²) in [5, 5.41) is 15.3. The molecule has 8 heteroatoms. The number of para-hydroxylation sites is 1. The van der Waals surface area contributed by atoms with Crippen molar-refractivity contribution in [2.45, 2.75) is 44.1 Å².